The van der Waals surface area contributed by atoms with E-state index in [-0.39, 0.29) is 5.75 Å². The van der Waals surface area contributed by atoms with Crippen molar-refractivity contribution in [3.8, 4) is 28.5 Å². The van der Waals surface area contributed by atoms with Gasteiger partial charge in [0.15, 0.2) is 11.5 Å². The Morgan fingerprint density at radius 2 is 1.77 bits per heavy atom. The highest BCUT2D eigenvalue weighted by molar-refractivity contribution is 5.91. The first-order valence-electron chi connectivity index (χ1n) is 7.09. The van der Waals surface area contributed by atoms with Gasteiger partial charge < -0.3 is 19.6 Å². The Balaban J connectivity index is 2.23. The van der Waals surface area contributed by atoms with Crippen molar-refractivity contribution in [2.24, 2.45) is 0 Å². The summed E-state index contributed by atoms with van der Waals surface area (Å²) in [7, 11) is 3.07. The van der Waals surface area contributed by atoms with Gasteiger partial charge in [0, 0.05) is 22.2 Å². The zero-order chi connectivity index (χ0) is 15.9. The number of ether oxygens (including phenoxy) is 2. The number of nitrogens with one attached hydrogen (secondary N) is 1. The monoisotopic (exact) mass is 297 g/mol. The van der Waals surface area contributed by atoms with Crippen LogP contribution in [-0.4, -0.2) is 24.3 Å². The highest BCUT2D eigenvalue weighted by Crippen LogP contribution is 2.41. The lowest BCUT2D eigenvalue weighted by molar-refractivity contribution is 0.333. The number of fused-ring (bicyclic) bond motifs is 1. The quantitative estimate of drug-likeness (QED) is 0.762. The van der Waals surface area contributed by atoms with E-state index in [9.17, 15) is 5.11 Å². The molecule has 1 aromatic heterocycles. The number of aromatic hydroxyl groups is 1. The predicted octanol–water partition coefficient (Wildman–Crippen LogP) is 4.17. The topological polar surface area (TPSA) is 54.5 Å². The Kier molecular flexibility index (Phi) is 3.45. The number of methoxy groups -OCH3 is 2. The second kappa shape index (κ2) is 5.30. The highest BCUT2D eigenvalue weighted by atomic mass is 16.5. The molecule has 22 heavy (non-hydrogen) atoms. The molecule has 0 spiro atoms. The summed E-state index contributed by atoms with van der Waals surface area (Å²) in [6, 6.07) is 9.86. The van der Waals surface area contributed by atoms with Crippen molar-refractivity contribution in [1.29, 1.82) is 0 Å². The van der Waals surface area contributed by atoms with Gasteiger partial charge in [-0.25, -0.2) is 0 Å². The third kappa shape index (κ3) is 2.17. The van der Waals surface area contributed by atoms with E-state index in [1.165, 1.54) is 18.1 Å². The highest BCUT2D eigenvalue weighted by Gasteiger charge is 2.16. The predicted molar refractivity (Wildman–Crippen MR) is 88.0 cm³/mol. The summed E-state index contributed by atoms with van der Waals surface area (Å²) < 4.78 is 10.5. The van der Waals surface area contributed by atoms with Gasteiger partial charge in [-0.2, -0.15) is 0 Å². The number of rotatable bonds is 3. The van der Waals surface area contributed by atoms with E-state index in [0.717, 1.165) is 22.3 Å². The van der Waals surface area contributed by atoms with E-state index in [1.54, 1.807) is 13.2 Å². The van der Waals surface area contributed by atoms with Crippen molar-refractivity contribution >= 4 is 10.9 Å². The summed E-state index contributed by atoms with van der Waals surface area (Å²) in [4.78, 5) is 3.42. The van der Waals surface area contributed by atoms with Gasteiger partial charge in [0.05, 0.1) is 14.2 Å². The minimum Gasteiger partial charge on any atom is -0.504 e. The first-order valence-corrected chi connectivity index (χ1v) is 7.09. The normalized spacial score (nSPS) is 10.9. The Morgan fingerprint density at radius 1 is 1.00 bits per heavy atom. The lowest BCUT2D eigenvalue weighted by Crippen LogP contribution is -1.92. The van der Waals surface area contributed by atoms with Gasteiger partial charge in [-0.15, -0.1) is 0 Å². The van der Waals surface area contributed by atoms with Crippen LogP contribution in [-0.2, 0) is 0 Å². The van der Waals surface area contributed by atoms with E-state index >= 15 is 0 Å². The van der Waals surface area contributed by atoms with E-state index < -0.39 is 0 Å². The maximum absolute atomic E-state index is 10.2. The second-order valence-electron chi connectivity index (χ2n) is 5.40. The summed E-state index contributed by atoms with van der Waals surface area (Å²) >= 11 is 0. The molecular weight excluding hydrogens is 278 g/mol. The average Bonchev–Trinajstić information content (AvgIpc) is 2.83. The van der Waals surface area contributed by atoms with Crippen LogP contribution in [0.5, 0.6) is 17.2 Å². The van der Waals surface area contributed by atoms with E-state index in [1.807, 2.05) is 6.07 Å². The van der Waals surface area contributed by atoms with E-state index in [2.05, 4.69) is 37.0 Å². The summed E-state index contributed by atoms with van der Waals surface area (Å²) in [5.74, 6) is 0.911. The van der Waals surface area contributed by atoms with Gasteiger partial charge in [-0.05, 0) is 43.7 Å². The average molecular weight is 297 g/mol. The summed E-state index contributed by atoms with van der Waals surface area (Å²) in [6.07, 6.45) is 0. The Morgan fingerprint density at radius 3 is 2.45 bits per heavy atom. The third-order valence-corrected chi connectivity index (χ3v) is 3.96. The van der Waals surface area contributed by atoms with Gasteiger partial charge in [0.1, 0.15) is 0 Å². The standard InChI is InChI=1S/C18H19NO3/c1-10-5-6-14-13(7-10)11(2)17(19-14)12-8-15(20)18(22-4)16(9-12)21-3/h5-9,19-20H,1-4H3. The number of aromatic amines is 1. The molecule has 0 aliphatic carbocycles. The molecule has 0 aliphatic rings. The first-order chi connectivity index (χ1) is 10.5. The molecule has 4 nitrogen and oxygen atoms in total. The van der Waals surface area contributed by atoms with Crippen molar-refractivity contribution in [2.45, 2.75) is 13.8 Å². The maximum Gasteiger partial charge on any atom is 0.203 e. The van der Waals surface area contributed by atoms with Gasteiger partial charge >= 0.3 is 0 Å². The van der Waals surface area contributed by atoms with Crippen molar-refractivity contribution < 1.29 is 14.6 Å². The lowest BCUT2D eigenvalue weighted by Gasteiger charge is -2.11. The number of aryl methyl sites for hydroxylation is 2. The number of aromatic nitrogens is 1. The molecule has 0 saturated heterocycles. The molecule has 0 radical (unpaired) electrons. The molecule has 0 aliphatic heterocycles. The fraction of sp³-hybridized carbons (Fsp3) is 0.222. The van der Waals surface area contributed by atoms with Crippen LogP contribution in [0.25, 0.3) is 22.2 Å². The summed E-state index contributed by atoms with van der Waals surface area (Å²) in [5.41, 5.74) is 5.27. The van der Waals surface area contributed by atoms with Gasteiger partial charge in [0.2, 0.25) is 5.75 Å². The summed E-state index contributed by atoms with van der Waals surface area (Å²) in [6.45, 7) is 4.15. The molecule has 2 aromatic carbocycles. The fourth-order valence-electron chi connectivity index (χ4n) is 2.82. The van der Waals surface area contributed by atoms with Crippen LogP contribution in [0, 0.1) is 13.8 Å². The van der Waals surface area contributed by atoms with Crippen LogP contribution >= 0.6 is 0 Å². The van der Waals surface area contributed by atoms with Gasteiger partial charge in [-0.3, -0.25) is 0 Å². The molecule has 1 heterocycles. The SMILES string of the molecule is COc1cc(-c2[nH]c3ccc(C)cc3c2C)cc(O)c1OC. The number of phenolic OH excluding ortho intramolecular Hbond substituents is 1. The van der Waals surface area contributed by atoms with Gasteiger partial charge in [-0.1, -0.05) is 11.6 Å². The zero-order valence-electron chi connectivity index (χ0n) is 13.2. The molecule has 0 unspecified atom stereocenters. The van der Waals surface area contributed by atoms with Crippen LogP contribution in [0.2, 0.25) is 0 Å². The smallest absolute Gasteiger partial charge is 0.203 e. The maximum atomic E-state index is 10.2. The van der Waals surface area contributed by atoms with Crippen molar-refractivity contribution in [2.75, 3.05) is 14.2 Å². The molecule has 0 amide bonds. The van der Waals surface area contributed by atoms with Crippen molar-refractivity contribution in [3.63, 3.8) is 0 Å². The van der Waals surface area contributed by atoms with Crippen LogP contribution < -0.4 is 9.47 Å². The molecule has 114 valence electrons. The molecule has 4 heteroatoms. The Labute approximate surface area is 129 Å². The Bertz CT molecular complexity index is 849. The number of hydrogen-bond donors (Lipinski definition) is 2. The minimum atomic E-state index is 0.0612. The molecular formula is C18H19NO3. The molecule has 3 aromatic rings. The molecule has 0 fully saturated rings. The van der Waals surface area contributed by atoms with Gasteiger partial charge in [0.25, 0.3) is 0 Å². The van der Waals surface area contributed by atoms with Crippen LogP contribution in [0.15, 0.2) is 30.3 Å². The molecule has 0 bridgehead atoms. The second-order valence-corrected chi connectivity index (χ2v) is 5.40. The van der Waals surface area contributed by atoms with Crippen LogP contribution in [0.3, 0.4) is 0 Å². The van der Waals surface area contributed by atoms with Crippen LogP contribution in [0.1, 0.15) is 11.1 Å². The van der Waals surface area contributed by atoms with E-state index in [4.69, 9.17) is 9.47 Å². The number of H-pyrrole nitrogens is 1. The minimum absolute atomic E-state index is 0.0612. The fourth-order valence-corrected chi connectivity index (χ4v) is 2.82. The number of benzene rings is 2. The number of phenols is 1. The first kappa shape index (κ1) is 14.3. The Hall–Kier alpha value is -2.62. The third-order valence-electron chi connectivity index (χ3n) is 3.96. The number of hydrogen-bond acceptors (Lipinski definition) is 3. The lowest BCUT2D eigenvalue weighted by atomic mass is 10.0. The van der Waals surface area contributed by atoms with Crippen molar-refractivity contribution in [1.82, 2.24) is 4.98 Å². The molecule has 0 saturated carbocycles. The zero-order valence-corrected chi connectivity index (χ0v) is 13.2. The van der Waals surface area contributed by atoms with Crippen LogP contribution in [0.4, 0.5) is 0 Å². The largest absolute Gasteiger partial charge is 0.504 e. The molecule has 3 rings (SSSR count). The molecule has 0 atom stereocenters. The summed E-state index contributed by atoms with van der Waals surface area (Å²) in [5, 5.41) is 11.3. The van der Waals surface area contributed by atoms with E-state index in [0.29, 0.717) is 11.5 Å². The van der Waals surface area contributed by atoms with Crippen molar-refractivity contribution in [3.05, 3.63) is 41.5 Å². The molecule has 2 N–H and O–H groups in total.